The summed E-state index contributed by atoms with van der Waals surface area (Å²) in [6.45, 7) is 0. The van der Waals surface area contributed by atoms with Crippen molar-refractivity contribution in [3.05, 3.63) is 35.0 Å². The monoisotopic (exact) mass is 316 g/mol. The van der Waals surface area contributed by atoms with Crippen LogP contribution in [0.5, 0.6) is 0 Å². The van der Waals surface area contributed by atoms with E-state index in [0.717, 1.165) is 6.20 Å². The second kappa shape index (κ2) is 4.62. The highest BCUT2D eigenvalue weighted by Crippen LogP contribution is 2.30. The van der Waals surface area contributed by atoms with Crippen molar-refractivity contribution in [1.29, 1.82) is 0 Å². The van der Waals surface area contributed by atoms with E-state index in [1.165, 1.54) is 0 Å². The average Bonchev–Trinajstić information content (AvgIpc) is 2.75. The fourth-order valence-electron chi connectivity index (χ4n) is 1.27. The van der Waals surface area contributed by atoms with E-state index in [9.17, 15) is 26.3 Å². The largest absolute Gasteiger partial charge is 0.435 e. The third kappa shape index (κ3) is 3.00. The molecule has 2 aromatic heterocycles. The van der Waals surface area contributed by atoms with Gasteiger partial charge in [0.15, 0.2) is 17.2 Å². The summed E-state index contributed by atoms with van der Waals surface area (Å²) >= 11 is 5.32. The van der Waals surface area contributed by atoms with Crippen LogP contribution in [0.15, 0.2) is 18.3 Å². The summed E-state index contributed by atoms with van der Waals surface area (Å²) < 4.78 is 75.1. The summed E-state index contributed by atoms with van der Waals surface area (Å²) in [5, 5.41) is 2.34. The van der Waals surface area contributed by atoms with Gasteiger partial charge in [-0.3, -0.25) is 0 Å². The summed E-state index contributed by atoms with van der Waals surface area (Å²) in [4.78, 5) is 6.35. The van der Waals surface area contributed by atoms with Crippen LogP contribution in [0.1, 0.15) is 11.4 Å². The average molecular weight is 317 g/mol. The molecular weight excluding hydrogens is 314 g/mol. The molecule has 0 saturated carbocycles. The Balaban J connectivity index is 2.48. The lowest BCUT2D eigenvalue weighted by atomic mass is 10.4. The first-order valence-electron chi connectivity index (χ1n) is 4.82. The highest BCUT2D eigenvalue weighted by atomic mass is 35.5. The van der Waals surface area contributed by atoms with Gasteiger partial charge in [-0.2, -0.15) is 36.4 Å². The molecule has 0 aromatic carbocycles. The maximum absolute atomic E-state index is 12.5. The van der Waals surface area contributed by atoms with Crippen molar-refractivity contribution in [2.75, 3.05) is 0 Å². The van der Waals surface area contributed by atoms with E-state index < -0.39 is 34.8 Å². The third-order valence-electron chi connectivity index (χ3n) is 2.09. The standard InChI is InChI=1S/C9H3ClF6N4/c10-7-17-5(9(14,15)16)3-6(18-7)20-2-1-4(19-20)8(11,12)13/h1-3H. The Morgan fingerprint density at radius 1 is 0.950 bits per heavy atom. The molecule has 0 unspecified atom stereocenters. The number of rotatable bonds is 1. The Bertz CT molecular complexity index is 632. The Kier molecular flexibility index (Phi) is 3.36. The van der Waals surface area contributed by atoms with E-state index in [4.69, 9.17) is 11.6 Å². The van der Waals surface area contributed by atoms with Crippen LogP contribution in [0, 0.1) is 0 Å². The minimum Gasteiger partial charge on any atom is -0.222 e. The lowest BCUT2D eigenvalue weighted by Gasteiger charge is -2.08. The first kappa shape index (κ1) is 14.6. The quantitative estimate of drug-likeness (QED) is 0.598. The molecule has 20 heavy (non-hydrogen) atoms. The molecule has 0 aliphatic heterocycles. The Morgan fingerprint density at radius 2 is 1.55 bits per heavy atom. The predicted octanol–water partition coefficient (Wildman–Crippen LogP) is 3.35. The molecule has 0 N–H and O–H groups in total. The van der Waals surface area contributed by atoms with Gasteiger partial charge in [0.1, 0.15) is 0 Å². The van der Waals surface area contributed by atoms with Crippen molar-refractivity contribution in [3.63, 3.8) is 0 Å². The van der Waals surface area contributed by atoms with Gasteiger partial charge in [-0.1, -0.05) is 0 Å². The number of aromatic nitrogens is 4. The number of halogens is 7. The van der Waals surface area contributed by atoms with Crippen LogP contribution < -0.4 is 0 Å². The van der Waals surface area contributed by atoms with Crippen LogP contribution in [0.3, 0.4) is 0 Å². The molecule has 108 valence electrons. The van der Waals surface area contributed by atoms with Crippen molar-refractivity contribution in [2.45, 2.75) is 12.4 Å². The van der Waals surface area contributed by atoms with Crippen molar-refractivity contribution >= 4 is 11.6 Å². The van der Waals surface area contributed by atoms with Gasteiger partial charge >= 0.3 is 12.4 Å². The van der Waals surface area contributed by atoms with E-state index >= 15 is 0 Å². The van der Waals surface area contributed by atoms with Crippen LogP contribution in [0.4, 0.5) is 26.3 Å². The Morgan fingerprint density at radius 3 is 2.05 bits per heavy atom. The number of alkyl halides is 6. The summed E-state index contributed by atoms with van der Waals surface area (Å²) in [6.07, 6.45) is -8.70. The van der Waals surface area contributed by atoms with Crippen molar-refractivity contribution in [1.82, 2.24) is 19.7 Å². The zero-order valence-electron chi connectivity index (χ0n) is 9.17. The maximum atomic E-state index is 12.5. The lowest BCUT2D eigenvalue weighted by molar-refractivity contribution is -0.142. The van der Waals surface area contributed by atoms with E-state index in [1.807, 2.05) is 0 Å². The van der Waals surface area contributed by atoms with Gasteiger partial charge in [-0.15, -0.1) is 0 Å². The van der Waals surface area contributed by atoms with Gasteiger partial charge in [0.05, 0.1) is 0 Å². The Hall–Kier alpha value is -1.84. The molecule has 0 radical (unpaired) electrons. The zero-order valence-corrected chi connectivity index (χ0v) is 9.92. The molecule has 0 aliphatic rings. The van der Waals surface area contributed by atoms with Crippen molar-refractivity contribution in [2.24, 2.45) is 0 Å². The zero-order chi connectivity index (χ0) is 15.1. The topological polar surface area (TPSA) is 43.6 Å². The molecule has 0 aliphatic carbocycles. The maximum Gasteiger partial charge on any atom is 0.435 e. The van der Waals surface area contributed by atoms with Gasteiger partial charge in [-0.25, -0.2) is 9.67 Å². The first-order valence-corrected chi connectivity index (χ1v) is 5.20. The van der Waals surface area contributed by atoms with E-state index in [-0.39, 0.29) is 0 Å². The molecule has 0 atom stereocenters. The highest BCUT2D eigenvalue weighted by molar-refractivity contribution is 6.28. The van der Waals surface area contributed by atoms with Crippen LogP contribution in [-0.4, -0.2) is 19.7 Å². The van der Waals surface area contributed by atoms with Gasteiger partial charge < -0.3 is 0 Å². The van der Waals surface area contributed by atoms with E-state index in [2.05, 4.69) is 15.1 Å². The van der Waals surface area contributed by atoms with Gasteiger partial charge in [0, 0.05) is 12.3 Å². The van der Waals surface area contributed by atoms with Crippen molar-refractivity contribution < 1.29 is 26.3 Å². The molecule has 4 nitrogen and oxygen atoms in total. The summed E-state index contributed by atoms with van der Waals surface area (Å²) in [5.74, 6) is -0.521. The SMILES string of the molecule is FC(F)(F)c1cc(-n2ccc(C(F)(F)F)n2)nc(Cl)n1. The molecule has 0 amide bonds. The molecule has 0 saturated heterocycles. The molecule has 2 rings (SSSR count). The third-order valence-corrected chi connectivity index (χ3v) is 2.26. The fraction of sp³-hybridized carbons (Fsp3) is 0.222. The molecule has 11 heteroatoms. The molecule has 0 bridgehead atoms. The summed E-state index contributed by atoms with van der Waals surface area (Å²) in [7, 11) is 0. The van der Waals surface area contributed by atoms with Crippen LogP contribution >= 0.6 is 11.6 Å². The van der Waals surface area contributed by atoms with Crippen LogP contribution in [0.2, 0.25) is 5.28 Å². The van der Waals surface area contributed by atoms with Crippen LogP contribution in [-0.2, 0) is 12.4 Å². The number of nitrogens with zero attached hydrogens (tertiary/aromatic N) is 4. The van der Waals surface area contributed by atoms with Crippen molar-refractivity contribution in [3.8, 4) is 5.82 Å². The molecular formula is C9H3ClF6N4. The molecule has 2 aromatic rings. The minimum atomic E-state index is -4.80. The number of hydrogen-bond acceptors (Lipinski definition) is 3. The normalized spacial score (nSPS) is 12.8. The Labute approximate surface area is 112 Å². The smallest absolute Gasteiger partial charge is 0.222 e. The van der Waals surface area contributed by atoms with Gasteiger partial charge in [0.25, 0.3) is 0 Å². The van der Waals surface area contributed by atoms with Gasteiger partial charge in [-0.05, 0) is 17.7 Å². The van der Waals surface area contributed by atoms with Crippen LogP contribution in [0.25, 0.3) is 5.82 Å². The first-order chi connectivity index (χ1) is 9.07. The second-order valence-electron chi connectivity index (χ2n) is 3.52. The minimum absolute atomic E-state index is 0.443. The second-order valence-corrected chi connectivity index (χ2v) is 3.86. The van der Waals surface area contributed by atoms with E-state index in [0.29, 0.717) is 16.8 Å². The molecule has 0 spiro atoms. The lowest BCUT2D eigenvalue weighted by Crippen LogP contribution is -2.12. The molecule has 2 heterocycles. The summed E-state index contributed by atoms with van der Waals surface area (Å²) in [5.41, 5.74) is -2.64. The summed E-state index contributed by atoms with van der Waals surface area (Å²) in [6, 6.07) is 1.04. The van der Waals surface area contributed by atoms with E-state index in [1.54, 1.807) is 0 Å². The highest BCUT2D eigenvalue weighted by Gasteiger charge is 2.35. The predicted molar refractivity (Wildman–Crippen MR) is 54.2 cm³/mol. The van der Waals surface area contributed by atoms with Gasteiger partial charge in [0.2, 0.25) is 5.28 Å². The number of hydrogen-bond donors (Lipinski definition) is 0. The fourth-order valence-corrected chi connectivity index (χ4v) is 1.45. The molecule has 0 fully saturated rings.